The smallest absolute Gasteiger partial charge is 0.229 e. The van der Waals surface area contributed by atoms with E-state index in [0.29, 0.717) is 5.95 Å². The van der Waals surface area contributed by atoms with Gasteiger partial charge in [-0.25, -0.2) is 4.98 Å². The van der Waals surface area contributed by atoms with Crippen LogP contribution >= 0.6 is 0 Å². The number of aryl methyl sites for hydroxylation is 2. The van der Waals surface area contributed by atoms with Crippen LogP contribution in [0.4, 0.5) is 17.5 Å². The van der Waals surface area contributed by atoms with E-state index in [1.165, 1.54) is 5.56 Å². The summed E-state index contributed by atoms with van der Waals surface area (Å²) in [5.41, 5.74) is 3.32. The third-order valence-electron chi connectivity index (χ3n) is 3.55. The molecule has 112 valence electrons. The van der Waals surface area contributed by atoms with Gasteiger partial charge in [0.15, 0.2) is 0 Å². The number of anilines is 3. The van der Waals surface area contributed by atoms with Crippen LogP contribution in [0.1, 0.15) is 32.0 Å². The van der Waals surface area contributed by atoms with E-state index in [4.69, 9.17) is 0 Å². The molecule has 2 rings (SSSR count). The molecule has 0 bridgehead atoms. The summed E-state index contributed by atoms with van der Waals surface area (Å²) in [6.07, 6.45) is 1.05. The standard InChI is InChI=1S/C17H24N4/c1-5-14-8-10-15(11-9-14)19-17-18-13(4)12-16(20-17)21(6-2)7-3/h8-12H,5-7H2,1-4H3,(H,18,19,20). The van der Waals surface area contributed by atoms with Crippen LogP contribution in [-0.4, -0.2) is 23.1 Å². The van der Waals surface area contributed by atoms with Gasteiger partial charge in [0.1, 0.15) is 5.82 Å². The van der Waals surface area contributed by atoms with Crippen molar-refractivity contribution in [1.29, 1.82) is 0 Å². The van der Waals surface area contributed by atoms with Gasteiger partial charge in [-0.1, -0.05) is 19.1 Å². The summed E-state index contributed by atoms with van der Waals surface area (Å²) in [6, 6.07) is 10.4. The van der Waals surface area contributed by atoms with Crippen molar-refractivity contribution in [2.75, 3.05) is 23.3 Å². The SMILES string of the molecule is CCc1ccc(Nc2nc(C)cc(N(CC)CC)n2)cc1. The maximum absolute atomic E-state index is 4.62. The molecule has 0 saturated carbocycles. The van der Waals surface area contributed by atoms with Crippen molar-refractivity contribution in [3.63, 3.8) is 0 Å². The van der Waals surface area contributed by atoms with Crippen LogP contribution in [-0.2, 0) is 6.42 Å². The molecule has 0 radical (unpaired) electrons. The number of benzene rings is 1. The van der Waals surface area contributed by atoms with E-state index in [1.807, 2.05) is 13.0 Å². The highest BCUT2D eigenvalue weighted by Gasteiger charge is 2.07. The first-order valence-corrected chi connectivity index (χ1v) is 7.62. The summed E-state index contributed by atoms with van der Waals surface area (Å²) in [5, 5.41) is 3.29. The number of hydrogen-bond donors (Lipinski definition) is 1. The second kappa shape index (κ2) is 7.07. The Morgan fingerprint density at radius 2 is 1.67 bits per heavy atom. The van der Waals surface area contributed by atoms with Crippen LogP contribution in [0.3, 0.4) is 0 Å². The molecule has 1 aromatic carbocycles. The molecule has 1 aromatic heterocycles. The summed E-state index contributed by atoms with van der Waals surface area (Å²) < 4.78 is 0. The summed E-state index contributed by atoms with van der Waals surface area (Å²) >= 11 is 0. The van der Waals surface area contributed by atoms with Crippen molar-refractivity contribution in [1.82, 2.24) is 9.97 Å². The molecule has 0 fully saturated rings. The van der Waals surface area contributed by atoms with Crippen molar-refractivity contribution in [2.45, 2.75) is 34.1 Å². The maximum Gasteiger partial charge on any atom is 0.229 e. The molecule has 0 aliphatic heterocycles. The molecule has 0 aliphatic rings. The van der Waals surface area contributed by atoms with Gasteiger partial charge < -0.3 is 10.2 Å². The van der Waals surface area contributed by atoms with Gasteiger partial charge >= 0.3 is 0 Å². The van der Waals surface area contributed by atoms with Crippen molar-refractivity contribution in [3.05, 3.63) is 41.6 Å². The molecule has 1 N–H and O–H groups in total. The molecule has 1 heterocycles. The second-order valence-corrected chi connectivity index (χ2v) is 5.04. The van der Waals surface area contributed by atoms with Crippen LogP contribution in [0.2, 0.25) is 0 Å². The molecule has 4 heteroatoms. The highest BCUT2D eigenvalue weighted by molar-refractivity contribution is 5.56. The zero-order chi connectivity index (χ0) is 15.2. The molecule has 0 amide bonds. The third kappa shape index (κ3) is 3.94. The number of nitrogens with one attached hydrogen (secondary N) is 1. The van der Waals surface area contributed by atoms with Crippen LogP contribution in [0.5, 0.6) is 0 Å². The average molecular weight is 284 g/mol. The van der Waals surface area contributed by atoms with Gasteiger partial charge in [0.25, 0.3) is 0 Å². The Hall–Kier alpha value is -2.10. The van der Waals surface area contributed by atoms with E-state index >= 15 is 0 Å². The zero-order valence-corrected chi connectivity index (χ0v) is 13.3. The Morgan fingerprint density at radius 3 is 2.24 bits per heavy atom. The fourth-order valence-electron chi connectivity index (χ4n) is 2.27. The normalized spacial score (nSPS) is 10.5. The van der Waals surface area contributed by atoms with Crippen LogP contribution in [0, 0.1) is 6.92 Å². The first-order valence-electron chi connectivity index (χ1n) is 7.62. The zero-order valence-electron chi connectivity index (χ0n) is 13.3. The van der Waals surface area contributed by atoms with E-state index < -0.39 is 0 Å². The molecule has 0 saturated heterocycles. The van der Waals surface area contributed by atoms with Gasteiger partial charge in [-0.15, -0.1) is 0 Å². The van der Waals surface area contributed by atoms with Gasteiger partial charge in [-0.05, 0) is 44.9 Å². The maximum atomic E-state index is 4.62. The van der Waals surface area contributed by atoms with Gasteiger partial charge in [-0.3, -0.25) is 0 Å². The minimum Gasteiger partial charge on any atom is -0.357 e. The van der Waals surface area contributed by atoms with Gasteiger partial charge in [-0.2, -0.15) is 4.98 Å². The number of aromatic nitrogens is 2. The predicted octanol–water partition coefficient (Wildman–Crippen LogP) is 3.94. The Labute approximate surface area is 127 Å². The fraction of sp³-hybridized carbons (Fsp3) is 0.412. The van der Waals surface area contributed by atoms with Gasteiger partial charge in [0.05, 0.1) is 0 Å². The van der Waals surface area contributed by atoms with E-state index in [-0.39, 0.29) is 0 Å². The summed E-state index contributed by atoms with van der Waals surface area (Å²) in [4.78, 5) is 11.3. The third-order valence-corrected chi connectivity index (χ3v) is 3.55. The average Bonchev–Trinajstić information content (AvgIpc) is 2.49. The number of rotatable bonds is 6. The van der Waals surface area contributed by atoms with Gasteiger partial charge in [0, 0.05) is 30.5 Å². The summed E-state index contributed by atoms with van der Waals surface area (Å²) in [7, 11) is 0. The topological polar surface area (TPSA) is 41.1 Å². The molecular weight excluding hydrogens is 260 g/mol. The van der Waals surface area contributed by atoms with E-state index in [0.717, 1.165) is 36.7 Å². The molecule has 0 aliphatic carbocycles. The lowest BCUT2D eigenvalue weighted by Gasteiger charge is -2.20. The molecule has 0 spiro atoms. The molecule has 4 nitrogen and oxygen atoms in total. The number of hydrogen-bond acceptors (Lipinski definition) is 4. The minimum atomic E-state index is 0.654. The Balaban J connectivity index is 2.22. The van der Waals surface area contributed by atoms with Crippen molar-refractivity contribution < 1.29 is 0 Å². The molecule has 21 heavy (non-hydrogen) atoms. The van der Waals surface area contributed by atoms with Crippen molar-refractivity contribution in [3.8, 4) is 0 Å². The van der Waals surface area contributed by atoms with E-state index in [9.17, 15) is 0 Å². The Kier molecular flexibility index (Phi) is 5.14. The Morgan fingerprint density at radius 1 is 1.00 bits per heavy atom. The molecule has 0 atom stereocenters. The second-order valence-electron chi connectivity index (χ2n) is 5.04. The monoisotopic (exact) mass is 284 g/mol. The lowest BCUT2D eigenvalue weighted by atomic mass is 10.1. The lowest BCUT2D eigenvalue weighted by Crippen LogP contribution is -2.23. The number of nitrogens with zero attached hydrogens (tertiary/aromatic N) is 3. The van der Waals surface area contributed by atoms with Gasteiger partial charge in [0.2, 0.25) is 5.95 Å². The highest BCUT2D eigenvalue weighted by Crippen LogP contribution is 2.18. The fourth-order valence-corrected chi connectivity index (χ4v) is 2.27. The minimum absolute atomic E-state index is 0.654. The van der Waals surface area contributed by atoms with E-state index in [2.05, 4.69) is 65.2 Å². The lowest BCUT2D eigenvalue weighted by molar-refractivity contribution is 0.840. The predicted molar refractivity (Wildman–Crippen MR) is 89.4 cm³/mol. The Bertz CT molecular complexity index is 574. The van der Waals surface area contributed by atoms with Crippen molar-refractivity contribution in [2.24, 2.45) is 0 Å². The first kappa shape index (κ1) is 15.3. The van der Waals surface area contributed by atoms with Crippen LogP contribution < -0.4 is 10.2 Å². The largest absolute Gasteiger partial charge is 0.357 e. The van der Waals surface area contributed by atoms with Crippen LogP contribution in [0.25, 0.3) is 0 Å². The summed E-state index contributed by atoms with van der Waals surface area (Å²) in [6.45, 7) is 10.3. The quantitative estimate of drug-likeness (QED) is 0.872. The highest BCUT2D eigenvalue weighted by atomic mass is 15.2. The van der Waals surface area contributed by atoms with Crippen molar-refractivity contribution >= 4 is 17.5 Å². The van der Waals surface area contributed by atoms with E-state index in [1.54, 1.807) is 0 Å². The molecule has 0 unspecified atom stereocenters. The summed E-state index contributed by atoms with van der Waals surface area (Å²) in [5.74, 6) is 1.63. The molecular formula is C17H24N4. The first-order chi connectivity index (χ1) is 10.2. The van der Waals surface area contributed by atoms with Crippen LogP contribution in [0.15, 0.2) is 30.3 Å². The molecule has 2 aromatic rings.